The number of methoxy groups -OCH3 is 2. The zero-order valence-electron chi connectivity index (χ0n) is 14.5. The Balaban J connectivity index is 2.57. The number of esters is 2. The molecule has 0 saturated heterocycles. The normalized spacial score (nSPS) is 14.0. The third-order valence-corrected chi connectivity index (χ3v) is 3.58. The number of rotatable bonds is 6. The average molecular weight is 366 g/mol. The number of nitrogens with zero attached hydrogens (tertiary/aromatic N) is 2. The van der Waals surface area contributed by atoms with Gasteiger partial charge >= 0.3 is 17.6 Å². The van der Waals surface area contributed by atoms with Crippen molar-refractivity contribution in [2.75, 3.05) is 39.1 Å². The molecule has 0 bridgehead atoms. The number of carbonyl (C=O) groups is 2. The van der Waals surface area contributed by atoms with E-state index in [0.29, 0.717) is 5.69 Å². The van der Waals surface area contributed by atoms with Crippen LogP contribution in [0.3, 0.4) is 0 Å². The van der Waals surface area contributed by atoms with Gasteiger partial charge in [-0.05, 0) is 13.0 Å². The lowest BCUT2D eigenvalue weighted by atomic mass is 10.1. The van der Waals surface area contributed by atoms with E-state index in [1.165, 1.54) is 37.3 Å². The summed E-state index contributed by atoms with van der Waals surface area (Å²) in [5.74, 6) is -1.46. The molecule has 1 heterocycles. The second-order valence-corrected chi connectivity index (χ2v) is 5.06. The van der Waals surface area contributed by atoms with E-state index in [1.807, 2.05) is 0 Å². The fourth-order valence-electron chi connectivity index (χ4n) is 2.44. The Hall–Kier alpha value is -3.14. The first-order valence-corrected chi connectivity index (χ1v) is 7.60. The summed E-state index contributed by atoms with van der Waals surface area (Å²) in [5.41, 5.74) is 0.0784. The Morgan fingerprint density at radius 3 is 2.54 bits per heavy atom. The van der Waals surface area contributed by atoms with Gasteiger partial charge in [0.05, 0.1) is 37.9 Å². The number of carbonyl (C=O) groups excluding carboxylic acids is 2. The first-order chi connectivity index (χ1) is 12.4. The van der Waals surface area contributed by atoms with Crippen molar-refractivity contribution < 1.29 is 33.5 Å². The van der Waals surface area contributed by atoms with Gasteiger partial charge in [-0.15, -0.1) is 0 Å². The fraction of sp³-hybridized carbons (Fsp3) is 0.375. The van der Waals surface area contributed by atoms with Crippen LogP contribution in [-0.4, -0.2) is 51.0 Å². The van der Waals surface area contributed by atoms with Gasteiger partial charge in [-0.1, -0.05) is 0 Å². The zero-order valence-corrected chi connectivity index (χ0v) is 14.5. The van der Waals surface area contributed by atoms with Gasteiger partial charge < -0.3 is 23.8 Å². The standard InChI is InChI=1S/C16H18N2O8/c1-4-26-13-7-10(5-6-12(13)18(21)22)17-9-25-8-11(15(19)23-2)14(17)16(20)24-3/h5-7H,4,8-9H2,1-3H3. The zero-order chi connectivity index (χ0) is 19.3. The quantitative estimate of drug-likeness (QED) is 0.418. The Bertz CT molecular complexity index is 759. The van der Waals surface area contributed by atoms with E-state index in [4.69, 9.17) is 14.2 Å². The van der Waals surface area contributed by atoms with Crippen molar-refractivity contribution in [1.82, 2.24) is 0 Å². The molecule has 140 valence electrons. The molecule has 10 nitrogen and oxygen atoms in total. The summed E-state index contributed by atoms with van der Waals surface area (Å²) >= 11 is 0. The number of nitro benzene ring substituents is 1. The van der Waals surface area contributed by atoms with Crippen LogP contribution < -0.4 is 9.64 Å². The molecule has 1 aromatic carbocycles. The van der Waals surface area contributed by atoms with E-state index in [9.17, 15) is 19.7 Å². The first-order valence-electron chi connectivity index (χ1n) is 7.60. The van der Waals surface area contributed by atoms with E-state index in [1.54, 1.807) is 6.92 Å². The van der Waals surface area contributed by atoms with Crippen molar-refractivity contribution in [3.63, 3.8) is 0 Å². The molecule has 0 aromatic heterocycles. The van der Waals surface area contributed by atoms with Crippen molar-refractivity contribution in [3.05, 3.63) is 39.6 Å². The van der Waals surface area contributed by atoms with E-state index >= 15 is 0 Å². The Morgan fingerprint density at radius 2 is 1.96 bits per heavy atom. The Labute approximate surface area is 149 Å². The third-order valence-electron chi connectivity index (χ3n) is 3.58. The van der Waals surface area contributed by atoms with Gasteiger partial charge in [0.25, 0.3) is 0 Å². The van der Waals surface area contributed by atoms with Crippen LogP contribution in [0.2, 0.25) is 0 Å². The van der Waals surface area contributed by atoms with E-state index in [-0.39, 0.29) is 42.7 Å². The Morgan fingerprint density at radius 1 is 1.27 bits per heavy atom. The van der Waals surface area contributed by atoms with Gasteiger partial charge in [0.2, 0.25) is 0 Å². The second kappa shape index (κ2) is 8.30. The van der Waals surface area contributed by atoms with Crippen LogP contribution in [0, 0.1) is 10.1 Å². The average Bonchev–Trinajstić information content (AvgIpc) is 2.66. The predicted octanol–water partition coefficient (Wildman–Crippen LogP) is 1.39. The first kappa shape index (κ1) is 19.2. The minimum absolute atomic E-state index is 0.0121. The smallest absolute Gasteiger partial charge is 0.355 e. The van der Waals surface area contributed by atoms with E-state index in [2.05, 4.69) is 4.74 Å². The van der Waals surface area contributed by atoms with Crippen molar-refractivity contribution in [3.8, 4) is 5.75 Å². The molecule has 0 N–H and O–H groups in total. The molecule has 0 amide bonds. The van der Waals surface area contributed by atoms with Gasteiger partial charge in [-0.2, -0.15) is 0 Å². The molecule has 0 spiro atoms. The van der Waals surface area contributed by atoms with Crippen LogP contribution in [0.25, 0.3) is 0 Å². The van der Waals surface area contributed by atoms with Gasteiger partial charge in [-0.3, -0.25) is 10.1 Å². The van der Waals surface area contributed by atoms with Crippen LogP contribution in [0.15, 0.2) is 29.5 Å². The molecule has 0 radical (unpaired) electrons. The van der Waals surface area contributed by atoms with Gasteiger partial charge in [0.1, 0.15) is 12.4 Å². The highest BCUT2D eigenvalue weighted by Gasteiger charge is 2.33. The maximum atomic E-state index is 12.2. The van der Waals surface area contributed by atoms with Gasteiger partial charge in [-0.25, -0.2) is 9.59 Å². The number of anilines is 1. The number of hydrogen-bond acceptors (Lipinski definition) is 9. The van der Waals surface area contributed by atoms with E-state index < -0.39 is 16.9 Å². The van der Waals surface area contributed by atoms with Crippen LogP contribution >= 0.6 is 0 Å². The summed E-state index contributed by atoms with van der Waals surface area (Å²) in [6, 6.07) is 4.07. The summed E-state index contributed by atoms with van der Waals surface area (Å²) in [6.07, 6.45) is 0. The monoisotopic (exact) mass is 366 g/mol. The van der Waals surface area contributed by atoms with Crippen molar-refractivity contribution >= 4 is 23.3 Å². The maximum Gasteiger partial charge on any atom is 0.355 e. The third kappa shape index (κ3) is 3.75. The summed E-state index contributed by atoms with van der Waals surface area (Å²) in [6.45, 7) is 1.72. The fourth-order valence-corrected chi connectivity index (χ4v) is 2.44. The summed E-state index contributed by atoms with van der Waals surface area (Å²) in [7, 11) is 2.36. The summed E-state index contributed by atoms with van der Waals surface area (Å²) < 4.78 is 20.1. The largest absolute Gasteiger partial charge is 0.487 e. The van der Waals surface area contributed by atoms with Crippen LogP contribution in [-0.2, 0) is 23.8 Å². The molecule has 0 aliphatic carbocycles. The van der Waals surface area contributed by atoms with Crippen molar-refractivity contribution in [1.29, 1.82) is 0 Å². The molecule has 0 saturated carbocycles. The molecule has 0 atom stereocenters. The predicted molar refractivity (Wildman–Crippen MR) is 88.6 cm³/mol. The molecule has 26 heavy (non-hydrogen) atoms. The minimum Gasteiger partial charge on any atom is -0.487 e. The molecule has 2 rings (SSSR count). The molecule has 10 heteroatoms. The molecular formula is C16H18N2O8. The van der Waals surface area contributed by atoms with Gasteiger partial charge in [0.15, 0.2) is 5.75 Å². The van der Waals surface area contributed by atoms with Gasteiger partial charge in [0, 0.05) is 17.8 Å². The molecule has 1 aromatic rings. The minimum atomic E-state index is -0.759. The number of hydrogen-bond donors (Lipinski definition) is 0. The van der Waals surface area contributed by atoms with E-state index in [0.717, 1.165) is 0 Å². The Kier molecular flexibility index (Phi) is 6.12. The molecule has 1 aliphatic rings. The molecule has 1 aliphatic heterocycles. The molecule has 0 unspecified atom stereocenters. The SMILES string of the molecule is CCOc1cc(N2COCC(C(=O)OC)=C2C(=O)OC)ccc1[N+](=O)[O-]. The van der Waals surface area contributed by atoms with Crippen molar-refractivity contribution in [2.45, 2.75) is 6.92 Å². The maximum absolute atomic E-state index is 12.2. The number of nitro groups is 1. The lowest BCUT2D eigenvalue weighted by molar-refractivity contribution is -0.385. The second-order valence-electron chi connectivity index (χ2n) is 5.06. The lowest BCUT2D eigenvalue weighted by Gasteiger charge is -2.31. The number of ether oxygens (including phenoxy) is 4. The molecular weight excluding hydrogens is 348 g/mol. The lowest BCUT2D eigenvalue weighted by Crippen LogP contribution is -2.38. The summed E-state index contributed by atoms with van der Waals surface area (Å²) in [5, 5.41) is 11.1. The highest BCUT2D eigenvalue weighted by Crippen LogP contribution is 2.34. The van der Waals surface area contributed by atoms with Crippen LogP contribution in [0.4, 0.5) is 11.4 Å². The van der Waals surface area contributed by atoms with Crippen LogP contribution in [0.1, 0.15) is 6.92 Å². The topological polar surface area (TPSA) is 117 Å². The van der Waals surface area contributed by atoms with Crippen molar-refractivity contribution in [2.24, 2.45) is 0 Å². The summed E-state index contributed by atoms with van der Waals surface area (Å²) in [4.78, 5) is 36.1. The molecule has 0 fully saturated rings. The number of benzene rings is 1. The highest BCUT2D eigenvalue weighted by molar-refractivity contribution is 6.03. The van der Waals surface area contributed by atoms with Crippen LogP contribution in [0.5, 0.6) is 5.75 Å². The highest BCUT2D eigenvalue weighted by atomic mass is 16.6.